The topological polar surface area (TPSA) is 24.3 Å². The van der Waals surface area contributed by atoms with Crippen molar-refractivity contribution in [1.29, 1.82) is 0 Å². The van der Waals surface area contributed by atoms with Crippen LogP contribution in [0.4, 0.5) is 0 Å². The zero-order valence-corrected chi connectivity index (χ0v) is 12.0. The van der Waals surface area contributed by atoms with Crippen LogP contribution in [-0.2, 0) is 6.54 Å². The summed E-state index contributed by atoms with van der Waals surface area (Å²) in [6, 6.07) is 3.64. The van der Waals surface area contributed by atoms with Gasteiger partial charge in [-0.05, 0) is 38.8 Å². The van der Waals surface area contributed by atoms with Crippen LogP contribution in [0.1, 0.15) is 32.6 Å². The average Bonchev–Trinajstić information content (AvgIpc) is 2.87. The van der Waals surface area contributed by atoms with Gasteiger partial charge in [0.05, 0.1) is 0 Å². The number of hydrogen-bond acceptors (Lipinski definition) is 3. The van der Waals surface area contributed by atoms with Gasteiger partial charge in [0.25, 0.3) is 0 Å². The van der Waals surface area contributed by atoms with Gasteiger partial charge in [-0.3, -0.25) is 9.58 Å². The quantitative estimate of drug-likeness (QED) is 0.809. The summed E-state index contributed by atoms with van der Waals surface area (Å²) in [5.74, 6) is 0. The molecule has 2 aliphatic heterocycles. The standard InChI is InChI=1S/C15H26N4/c1-14-6-2-3-11-19(14)15-12-17(13-15)8-5-10-18-9-4-7-16-18/h4,7,9,14-15H,2-3,5-6,8,10-13H2,1H3/t14-/m1/s1. The molecule has 4 heteroatoms. The maximum absolute atomic E-state index is 4.25. The lowest BCUT2D eigenvalue weighted by Crippen LogP contribution is -2.62. The Hall–Kier alpha value is -0.870. The predicted octanol–water partition coefficient (Wildman–Crippen LogP) is 1.83. The van der Waals surface area contributed by atoms with E-state index in [9.17, 15) is 0 Å². The third-order valence-corrected chi connectivity index (χ3v) is 4.68. The molecule has 0 saturated carbocycles. The van der Waals surface area contributed by atoms with E-state index in [-0.39, 0.29) is 0 Å². The largest absolute Gasteiger partial charge is 0.300 e. The van der Waals surface area contributed by atoms with Crippen molar-refractivity contribution in [3.63, 3.8) is 0 Å². The average molecular weight is 262 g/mol. The predicted molar refractivity (Wildman–Crippen MR) is 77.1 cm³/mol. The summed E-state index contributed by atoms with van der Waals surface area (Å²) in [6.45, 7) is 8.56. The van der Waals surface area contributed by atoms with Gasteiger partial charge in [0, 0.05) is 50.7 Å². The Labute approximate surface area is 116 Å². The van der Waals surface area contributed by atoms with Crippen LogP contribution < -0.4 is 0 Å². The molecule has 0 N–H and O–H groups in total. The molecule has 3 rings (SSSR count). The van der Waals surface area contributed by atoms with Crippen molar-refractivity contribution in [1.82, 2.24) is 19.6 Å². The minimum atomic E-state index is 0.810. The first-order valence-corrected chi connectivity index (χ1v) is 7.78. The second-order valence-electron chi connectivity index (χ2n) is 6.12. The van der Waals surface area contributed by atoms with E-state index < -0.39 is 0 Å². The highest BCUT2D eigenvalue weighted by Gasteiger charge is 2.34. The van der Waals surface area contributed by atoms with Gasteiger partial charge < -0.3 is 4.90 Å². The summed E-state index contributed by atoms with van der Waals surface area (Å²) in [7, 11) is 0. The van der Waals surface area contributed by atoms with Crippen molar-refractivity contribution < 1.29 is 0 Å². The fourth-order valence-electron chi connectivity index (χ4n) is 3.49. The molecule has 1 atom stereocenters. The minimum absolute atomic E-state index is 0.810. The molecule has 2 fully saturated rings. The Morgan fingerprint density at radius 1 is 1.21 bits per heavy atom. The fourth-order valence-corrected chi connectivity index (χ4v) is 3.49. The number of hydrogen-bond donors (Lipinski definition) is 0. The molecule has 0 radical (unpaired) electrons. The van der Waals surface area contributed by atoms with E-state index >= 15 is 0 Å². The Kier molecular flexibility index (Phi) is 4.18. The van der Waals surface area contributed by atoms with Crippen molar-refractivity contribution in [2.45, 2.75) is 51.2 Å². The molecule has 4 nitrogen and oxygen atoms in total. The summed E-state index contributed by atoms with van der Waals surface area (Å²) >= 11 is 0. The van der Waals surface area contributed by atoms with Gasteiger partial charge >= 0.3 is 0 Å². The molecule has 1 aromatic rings. The van der Waals surface area contributed by atoms with Gasteiger partial charge in [-0.15, -0.1) is 0 Å². The van der Waals surface area contributed by atoms with Crippen LogP contribution in [-0.4, -0.2) is 57.8 Å². The molecular weight excluding hydrogens is 236 g/mol. The van der Waals surface area contributed by atoms with Crippen LogP contribution in [0.3, 0.4) is 0 Å². The highest BCUT2D eigenvalue weighted by atomic mass is 15.3. The molecule has 3 heterocycles. The van der Waals surface area contributed by atoms with Crippen molar-refractivity contribution in [3.05, 3.63) is 18.5 Å². The molecule has 0 amide bonds. The SMILES string of the molecule is C[C@@H]1CCCCN1C1CN(CCCn2cccn2)C1. The smallest absolute Gasteiger partial charge is 0.0489 e. The molecule has 1 aromatic heterocycles. The molecule has 19 heavy (non-hydrogen) atoms. The normalized spacial score (nSPS) is 26.5. The van der Waals surface area contributed by atoms with E-state index in [4.69, 9.17) is 0 Å². The van der Waals surface area contributed by atoms with E-state index in [2.05, 4.69) is 21.8 Å². The van der Waals surface area contributed by atoms with E-state index in [1.54, 1.807) is 0 Å². The maximum Gasteiger partial charge on any atom is 0.0489 e. The molecule has 0 aromatic carbocycles. The van der Waals surface area contributed by atoms with Crippen molar-refractivity contribution in [2.75, 3.05) is 26.2 Å². The van der Waals surface area contributed by atoms with Crippen LogP contribution in [0.2, 0.25) is 0 Å². The second-order valence-corrected chi connectivity index (χ2v) is 6.12. The van der Waals surface area contributed by atoms with Crippen molar-refractivity contribution >= 4 is 0 Å². The number of aromatic nitrogens is 2. The van der Waals surface area contributed by atoms with E-state index in [1.165, 1.54) is 51.9 Å². The van der Waals surface area contributed by atoms with E-state index in [0.717, 1.165) is 18.6 Å². The van der Waals surface area contributed by atoms with Gasteiger partial charge in [0.1, 0.15) is 0 Å². The molecule has 0 bridgehead atoms. The van der Waals surface area contributed by atoms with E-state index in [1.807, 2.05) is 23.1 Å². The third-order valence-electron chi connectivity index (χ3n) is 4.68. The van der Waals surface area contributed by atoms with Gasteiger partial charge in [0.15, 0.2) is 0 Å². The highest BCUT2D eigenvalue weighted by molar-refractivity contribution is 4.91. The first-order chi connectivity index (χ1) is 9.33. The number of nitrogens with zero attached hydrogens (tertiary/aromatic N) is 4. The van der Waals surface area contributed by atoms with Crippen LogP contribution in [0, 0.1) is 0 Å². The molecule has 0 spiro atoms. The summed E-state index contributed by atoms with van der Waals surface area (Å²) in [4.78, 5) is 5.34. The van der Waals surface area contributed by atoms with Crippen LogP contribution in [0.25, 0.3) is 0 Å². The lowest BCUT2D eigenvalue weighted by molar-refractivity contribution is -0.00302. The lowest BCUT2D eigenvalue weighted by Gasteiger charge is -2.49. The van der Waals surface area contributed by atoms with Crippen molar-refractivity contribution in [3.8, 4) is 0 Å². The van der Waals surface area contributed by atoms with Crippen LogP contribution in [0.15, 0.2) is 18.5 Å². The Morgan fingerprint density at radius 3 is 2.84 bits per heavy atom. The van der Waals surface area contributed by atoms with E-state index in [0.29, 0.717) is 0 Å². The van der Waals surface area contributed by atoms with Crippen LogP contribution >= 0.6 is 0 Å². The highest BCUT2D eigenvalue weighted by Crippen LogP contribution is 2.24. The van der Waals surface area contributed by atoms with Gasteiger partial charge in [-0.2, -0.15) is 5.10 Å². The Bertz CT molecular complexity index is 370. The first kappa shape index (κ1) is 13.1. The number of likely N-dealkylation sites (tertiary alicyclic amines) is 2. The zero-order chi connectivity index (χ0) is 13.1. The fraction of sp³-hybridized carbons (Fsp3) is 0.800. The molecule has 0 unspecified atom stereocenters. The van der Waals surface area contributed by atoms with Gasteiger partial charge in [-0.25, -0.2) is 0 Å². The Morgan fingerprint density at radius 2 is 2.11 bits per heavy atom. The summed E-state index contributed by atoms with van der Waals surface area (Å²) < 4.78 is 2.03. The van der Waals surface area contributed by atoms with Gasteiger partial charge in [-0.1, -0.05) is 6.42 Å². The molecule has 106 valence electrons. The minimum Gasteiger partial charge on any atom is -0.300 e. The third kappa shape index (κ3) is 3.18. The number of aryl methyl sites for hydroxylation is 1. The molecule has 2 aliphatic rings. The summed E-state index contributed by atoms with van der Waals surface area (Å²) in [5, 5.41) is 4.25. The van der Waals surface area contributed by atoms with Crippen molar-refractivity contribution in [2.24, 2.45) is 0 Å². The summed E-state index contributed by atoms with van der Waals surface area (Å²) in [6.07, 6.45) is 9.35. The lowest BCUT2D eigenvalue weighted by atomic mass is 9.97. The molecule has 0 aliphatic carbocycles. The van der Waals surface area contributed by atoms with Crippen LogP contribution in [0.5, 0.6) is 0 Å². The van der Waals surface area contributed by atoms with Gasteiger partial charge in [0.2, 0.25) is 0 Å². The maximum atomic E-state index is 4.25. The number of rotatable bonds is 5. The first-order valence-electron chi connectivity index (χ1n) is 7.78. The zero-order valence-electron chi connectivity index (χ0n) is 12.0. The second kappa shape index (κ2) is 6.06. The molecule has 2 saturated heterocycles. The Balaban J connectivity index is 1.34. The summed E-state index contributed by atoms with van der Waals surface area (Å²) in [5.41, 5.74) is 0. The number of piperidine rings is 1. The molecular formula is C15H26N4. The monoisotopic (exact) mass is 262 g/mol.